The predicted octanol–water partition coefficient (Wildman–Crippen LogP) is 2.33. The van der Waals surface area contributed by atoms with Crippen LogP contribution in [0, 0.1) is 0 Å². The van der Waals surface area contributed by atoms with Gasteiger partial charge in [0.15, 0.2) is 0 Å². The summed E-state index contributed by atoms with van der Waals surface area (Å²) in [5.41, 5.74) is 1.22. The lowest BCUT2D eigenvalue weighted by molar-refractivity contribution is -0.138. The number of urea groups is 1. The highest BCUT2D eigenvalue weighted by Crippen LogP contribution is 2.19. The van der Waals surface area contributed by atoms with E-state index in [-0.39, 0.29) is 18.5 Å². The maximum Gasteiger partial charge on any atom is 0.317 e. The van der Waals surface area contributed by atoms with Crippen molar-refractivity contribution >= 4 is 23.3 Å². The van der Waals surface area contributed by atoms with E-state index in [1.165, 1.54) is 5.56 Å². The van der Waals surface area contributed by atoms with Gasteiger partial charge in [0.25, 0.3) is 0 Å². The summed E-state index contributed by atoms with van der Waals surface area (Å²) in [5.74, 6) is -0.840. The summed E-state index contributed by atoms with van der Waals surface area (Å²) in [4.78, 5) is 24.7. The zero-order valence-electron chi connectivity index (χ0n) is 11.4. The summed E-state index contributed by atoms with van der Waals surface area (Å²) in [6.45, 7) is 1.24. The smallest absolute Gasteiger partial charge is 0.317 e. The molecular formula is C14H20N2O3S. The number of carboxylic acid groups (broad SMARTS) is 1. The van der Waals surface area contributed by atoms with Crippen molar-refractivity contribution in [2.45, 2.75) is 38.1 Å². The first-order valence-electron chi connectivity index (χ1n) is 6.94. The summed E-state index contributed by atoms with van der Waals surface area (Å²) in [6, 6.07) is 1.75. The van der Waals surface area contributed by atoms with Crippen LogP contribution in [0.1, 0.15) is 31.2 Å². The fourth-order valence-corrected chi connectivity index (χ4v) is 3.24. The van der Waals surface area contributed by atoms with Gasteiger partial charge in [0.2, 0.25) is 0 Å². The largest absolute Gasteiger partial charge is 0.481 e. The summed E-state index contributed by atoms with van der Waals surface area (Å²) >= 11 is 1.65. The summed E-state index contributed by atoms with van der Waals surface area (Å²) in [6.07, 6.45) is 3.58. The van der Waals surface area contributed by atoms with Crippen molar-refractivity contribution < 1.29 is 14.7 Å². The van der Waals surface area contributed by atoms with Gasteiger partial charge in [-0.25, -0.2) is 4.79 Å². The third kappa shape index (κ3) is 4.23. The molecule has 1 aliphatic heterocycles. The second-order valence-electron chi connectivity index (χ2n) is 5.05. The van der Waals surface area contributed by atoms with Crippen LogP contribution in [0.3, 0.4) is 0 Å². The van der Waals surface area contributed by atoms with Gasteiger partial charge in [-0.3, -0.25) is 4.79 Å². The molecule has 2 rings (SSSR count). The number of thiophene rings is 1. The lowest BCUT2D eigenvalue weighted by Gasteiger charge is -2.34. The molecule has 1 unspecified atom stereocenters. The Kier molecular flexibility index (Phi) is 5.40. The van der Waals surface area contributed by atoms with Crippen molar-refractivity contribution in [2.75, 3.05) is 13.1 Å². The quantitative estimate of drug-likeness (QED) is 0.876. The van der Waals surface area contributed by atoms with Crippen molar-refractivity contribution in [1.82, 2.24) is 10.2 Å². The standard InChI is InChI=1S/C14H20N2O3S/c17-13(18)9-12-3-1-2-7-16(12)14(19)15-6-4-11-5-8-20-10-11/h5,8,10,12H,1-4,6-7,9H2,(H,15,19)(H,17,18). The van der Waals surface area contributed by atoms with E-state index in [0.717, 1.165) is 25.7 Å². The Hall–Kier alpha value is -1.56. The number of rotatable bonds is 5. The lowest BCUT2D eigenvalue weighted by Crippen LogP contribution is -2.49. The van der Waals surface area contributed by atoms with Gasteiger partial charge in [0.1, 0.15) is 0 Å². The monoisotopic (exact) mass is 296 g/mol. The number of likely N-dealkylation sites (tertiary alicyclic amines) is 1. The van der Waals surface area contributed by atoms with Gasteiger partial charge in [-0.15, -0.1) is 0 Å². The molecule has 2 amide bonds. The molecule has 0 aliphatic carbocycles. The van der Waals surface area contributed by atoms with Crippen molar-refractivity contribution in [3.8, 4) is 0 Å². The first-order chi connectivity index (χ1) is 9.66. The van der Waals surface area contributed by atoms with E-state index < -0.39 is 5.97 Å². The van der Waals surface area contributed by atoms with E-state index in [2.05, 4.69) is 10.7 Å². The van der Waals surface area contributed by atoms with Crippen molar-refractivity contribution in [1.29, 1.82) is 0 Å². The van der Waals surface area contributed by atoms with Crippen molar-refractivity contribution in [3.63, 3.8) is 0 Å². The second kappa shape index (κ2) is 7.28. The van der Waals surface area contributed by atoms with Gasteiger partial charge in [-0.1, -0.05) is 0 Å². The van der Waals surface area contributed by atoms with E-state index in [1.807, 2.05) is 11.4 Å². The zero-order chi connectivity index (χ0) is 14.4. The van der Waals surface area contributed by atoms with Crippen LogP contribution in [-0.4, -0.2) is 41.1 Å². The third-order valence-corrected chi connectivity index (χ3v) is 4.30. The molecule has 0 bridgehead atoms. The summed E-state index contributed by atoms with van der Waals surface area (Å²) in [7, 11) is 0. The van der Waals surface area contributed by atoms with Gasteiger partial charge in [0, 0.05) is 19.1 Å². The molecule has 0 spiro atoms. The Morgan fingerprint density at radius 2 is 2.30 bits per heavy atom. The minimum absolute atomic E-state index is 0.0396. The first kappa shape index (κ1) is 14.8. The highest BCUT2D eigenvalue weighted by atomic mass is 32.1. The molecule has 1 aliphatic rings. The Bertz CT molecular complexity index is 447. The highest BCUT2D eigenvalue weighted by molar-refractivity contribution is 7.07. The molecule has 1 fully saturated rings. The van der Waals surface area contributed by atoms with Crippen LogP contribution < -0.4 is 5.32 Å². The molecule has 0 radical (unpaired) electrons. The van der Waals surface area contributed by atoms with E-state index in [4.69, 9.17) is 5.11 Å². The van der Waals surface area contributed by atoms with Crippen molar-refractivity contribution in [3.05, 3.63) is 22.4 Å². The maximum absolute atomic E-state index is 12.1. The molecule has 1 saturated heterocycles. The molecule has 20 heavy (non-hydrogen) atoms. The van der Waals surface area contributed by atoms with Crippen molar-refractivity contribution in [2.24, 2.45) is 0 Å². The number of nitrogens with zero attached hydrogens (tertiary/aromatic N) is 1. The van der Waals surface area contributed by atoms with Gasteiger partial charge < -0.3 is 15.3 Å². The van der Waals surface area contributed by atoms with E-state index in [0.29, 0.717) is 13.1 Å². The minimum atomic E-state index is -0.840. The number of hydrogen-bond acceptors (Lipinski definition) is 3. The maximum atomic E-state index is 12.1. The number of piperidine rings is 1. The molecule has 2 heterocycles. The SMILES string of the molecule is O=C(O)CC1CCCCN1C(=O)NCCc1ccsc1. The Labute approximate surface area is 122 Å². The van der Waals surface area contributed by atoms with Crippen LogP contribution >= 0.6 is 11.3 Å². The number of carbonyl (C=O) groups excluding carboxylic acids is 1. The number of aliphatic carboxylic acids is 1. The van der Waals surface area contributed by atoms with E-state index in [9.17, 15) is 9.59 Å². The molecule has 0 aromatic carbocycles. The Morgan fingerprint density at radius 1 is 1.45 bits per heavy atom. The average Bonchev–Trinajstić information content (AvgIpc) is 2.91. The fraction of sp³-hybridized carbons (Fsp3) is 0.571. The summed E-state index contributed by atoms with van der Waals surface area (Å²) < 4.78 is 0. The number of amides is 2. The molecule has 0 saturated carbocycles. The van der Waals surface area contributed by atoms with Gasteiger partial charge in [-0.2, -0.15) is 11.3 Å². The molecule has 1 aromatic heterocycles. The van der Waals surface area contributed by atoms with Crippen LogP contribution in [0.25, 0.3) is 0 Å². The Balaban J connectivity index is 1.81. The van der Waals surface area contributed by atoms with Gasteiger partial charge in [0.05, 0.1) is 6.42 Å². The topological polar surface area (TPSA) is 69.6 Å². The van der Waals surface area contributed by atoms with Crippen LogP contribution in [0.5, 0.6) is 0 Å². The first-order valence-corrected chi connectivity index (χ1v) is 7.88. The molecule has 5 nitrogen and oxygen atoms in total. The summed E-state index contributed by atoms with van der Waals surface area (Å²) in [5, 5.41) is 15.9. The number of carboxylic acids is 1. The van der Waals surface area contributed by atoms with Crippen LogP contribution in [-0.2, 0) is 11.2 Å². The Morgan fingerprint density at radius 3 is 3.00 bits per heavy atom. The third-order valence-electron chi connectivity index (χ3n) is 3.57. The zero-order valence-corrected chi connectivity index (χ0v) is 12.2. The van der Waals surface area contributed by atoms with Crippen LogP contribution in [0.15, 0.2) is 16.8 Å². The van der Waals surface area contributed by atoms with Gasteiger partial charge >= 0.3 is 12.0 Å². The highest BCUT2D eigenvalue weighted by Gasteiger charge is 2.28. The average molecular weight is 296 g/mol. The molecular weight excluding hydrogens is 276 g/mol. The molecule has 1 atom stereocenters. The number of nitrogens with one attached hydrogen (secondary N) is 1. The predicted molar refractivity (Wildman–Crippen MR) is 78.0 cm³/mol. The van der Waals surface area contributed by atoms with E-state index in [1.54, 1.807) is 16.2 Å². The minimum Gasteiger partial charge on any atom is -0.481 e. The lowest BCUT2D eigenvalue weighted by atomic mass is 10.00. The number of hydrogen-bond donors (Lipinski definition) is 2. The molecule has 2 N–H and O–H groups in total. The normalized spacial score (nSPS) is 18.8. The molecule has 6 heteroatoms. The molecule has 1 aromatic rings. The molecule has 110 valence electrons. The van der Waals surface area contributed by atoms with Crippen LogP contribution in [0.4, 0.5) is 4.79 Å². The number of carbonyl (C=O) groups is 2. The van der Waals surface area contributed by atoms with Crippen LogP contribution in [0.2, 0.25) is 0 Å². The fourth-order valence-electron chi connectivity index (χ4n) is 2.53. The second-order valence-corrected chi connectivity index (χ2v) is 5.83. The van der Waals surface area contributed by atoms with E-state index >= 15 is 0 Å². The van der Waals surface area contributed by atoms with Gasteiger partial charge in [-0.05, 0) is 48.1 Å².